The maximum absolute atomic E-state index is 12.8. The second-order valence-electron chi connectivity index (χ2n) is 4.99. The zero-order chi connectivity index (χ0) is 15.7. The van der Waals surface area contributed by atoms with Gasteiger partial charge >= 0.3 is 11.8 Å². The Morgan fingerprint density at radius 3 is 2.64 bits per heavy atom. The lowest BCUT2D eigenvalue weighted by Gasteiger charge is -2.07. The predicted octanol–water partition coefficient (Wildman–Crippen LogP) is 0.793. The fourth-order valence-corrected chi connectivity index (χ4v) is 3.85. The van der Waals surface area contributed by atoms with Gasteiger partial charge in [-0.1, -0.05) is 0 Å². The number of halogens is 1. The molecule has 0 aliphatic carbocycles. The summed E-state index contributed by atoms with van der Waals surface area (Å²) in [6.07, 6.45) is 0.368. The highest BCUT2D eigenvalue weighted by atomic mass is 32.2. The molecule has 0 spiro atoms. The molecule has 0 bridgehead atoms. The van der Waals surface area contributed by atoms with Crippen LogP contribution in [0.5, 0.6) is 0 Å². The van der Waals surface area contributed by atoms with Crippen molar-refractivity contribution in [3.8, 4) is 11.5 Å². The van der Waals surface area contributed by atoms with Crippen LogP contribution in [-0.4, -0.2) is 42.1 Å². The van der Waals surface area contributed by atoms with Crippen LogP contribution in [-0.2, 0) is 9.84 Å². The van der Waals surface area contributed by atoms with Gasteiger partial charge in [-0.25, -0.2) is 12.8 Å². The van der Waals surface area contributed by atoms with E-state index < -0.39 is 27.6 Å². The van der Waals surface area contributed by atoms with Gasteiger partial charge in [-0.05, 0) is 30.7 Å². The largest absolute Gasteiger partial charge is 0.412 e. The van der Waals surface area contributed by atoms with E-state index in [1.807, 2.05) is 0 Å². The molecule has 1 aromatic carbocycles. The lowest BCUT2D eigenvalue weighted by molar-refractivity contribution is 0.0906. The molecule has 1 fully saturated rings. The van der Waals surface area contributed by atoms with E-state index in [2.05, 4.69) is 15.5 Å². The number of sulfone groups is 1. The van der Waals surface area contributed by atoms with Crippen LogP contribution in [0.25, 0.3) is 11.5 Å². The van der Waals surface area contributed by atoms with Crippen LogP contribution >= 0.6 is 0 Å². The molecule has 1 amide bonds. The standard InChI is InChI=1S/C13H12FN3O4S/c14-9-3-1-8(2-4-9)12-16-17-13(21-12)11(18)15-10-5-6-22(19,20)7-10/h1-4,10H,5-7H2,(H,15,18). The molecule has 1 atom stereocenters. The first kappa shape index (κ1) is 14.6. The third kappa shape index (κ3) is 3.14. The molecule has 1 saturated heterocycles. The number of hydrogen-bond donors (Lipinski definition) is 1. The molecule has 1 unspecified atom stereocenters. The fraction of sp³-hybridized carbons (Fsp3) is 0.308. The lowest BCUT2D eigenvalue weighted by Crippen LogP contribution is -2.35. The quantitative estimate of drug-likeness (QED) is 0.895. The molecule has 9 heteroatoms. The van der Waals surface area contributed by atoms with Crippen LogP contribution in [0.15, 0.2) is 28.7 Å². The minimum absolute atomic E-state index is 0.0581. The van der Waals surface area contributed by atoms with Gasteiger partial charge in [0.2, 0.25) is 5.89 Å². The van der Waals surface area contributed by atoms with Gasteiger partial charge in [-0.3, -0.25) is 4.79 Å². The number of aromatic nitrogens is 2. The van der Waals surface area contributed by atoms with Gasteiger partial charge in [0.1, 0.15) is 5.82 Å². The topological polar surface area (TPSA) is 102 Å². The molecule has 3 rings (SSSR count). The highest BCUT2D eigenvalue weighted by molar-refractivity contribution is 7.91. The van der Waals surface area contributed by atoms with Gasteiger partial charge in [0.15, 0.2) is 9.84 Å². The summed E-state index contributed by atoms with van der Waals surface area (Å²) in [5.74, 6) is -1.22. The third-order valence-corrected chi connectivity index (χ3v) is 5.05. The first-order valence-electron chi connectivity index (χ1n) is 6.54. The Labute approximate surface area is 125 Å². The number of carbonyl (C=O) groups is 1. The number of rotatable bonds is 3. The van der Waals surface area contributed by atoms with Crippen LogP contribution in [0.4, 0.5) is 4.39 Å². The van der Waals surface area contributed by atoms with Gasteiger partial charge in [0, 0.05) is 11.6 Å². The molecule has 1 aromatic heterocycles. The van der Waals surface area contributed by atoms with E-state index in [-0.39, 0.29) is 23.3 Å². The molecule has 7 nitrogen and oxygen atoms in total. The highest BCUT2D eigenvalue weighted by Gasteiger charge is 2.30. The fourth-order valence-electron chi connectivity index (χ4n) is 2.18. The van der Waals surface area contributed by atoms with Gasteiger partial charge in [0.25, 0.3) is 0 Å². The van der Waals surface area contributed by atoms with Crippen molar-refractivity contribution in [3.63, 3.8) is 0 Å². The molecular formula is C13H12FN3O4S. The second-order valence-corrected chi connectivity index (χ2v) is 7.22. The van der Waals surface area contributed by atoms with E-state index in [4.69, 9.17) is 4.42 Å². The van der Waals surface area contributed by atoms with E-state index in [1.165, 1.54) is 24.3 Å². The minimum atomic E-state index is -3.08. The smallest absolute Gasteiger partial charge is 0.309 e. The number of nitrogens with one attached hydrogen (secondary N) is 1. The van der Waals surface area contributed by atoms with Crippen molar-refractivity contribution in [3.05, 3.63) is 36.0 Å². The maximum Gasteiger partial charge on any atom is 0.309 e. The van der Waals surface area contributed by atoms with Crippen LogP contribution in [0.2, 0.25) is 0 Å². The first-order valence-corrected chi connectivity index (χ1v) is 8.36. The van der Waals surface area contributed by atoms with Crippen molar-refractivity contribution >= 4 is 15.7 Å². The van der Waals surface area contributed by atoms with Gasteiger partial charge in [-0.15, -0.1) is 10.2 Å². The Balaban J connectivity index is 1.71. The first-order chi connectivity index (χ1) is 10.4. The molecule has 1 aliphatic rings. The Morgan fingerprint density at radius 1 is 1.27 bits per heavy atom. The number of hydrogen-bond acceptors (Lipinski definition) is 6. The normalized spacial score (nSPS) is 20.0. The summed E-state index contributed by atoms with van der Waals surface area (Å²) >= 11 is 0. The van der Waals surface area contributed by atoms with Crippen LogP contribution in [0.1, 0.15) is 17.1 Å². The molecule has 1 N–H and O–H groups in total. The van der Waals surface area contributed by atoms with Crippen molar-refractivity contribution in [1.82, 2.24) is 15.5 Å². The summed E-state index contributed by atoms with van der Waals surface area (Å²) in [5, 5.41) is 9.89. The summed E-state index contributed by atoms with van der Waals surface area (Å²) in [6, 6.07) is 4.94. The highest BCUT2D eigenvalue weighted by Crippen LogP contribution is 2.18. The van der Waals surface area contributed by atoms with Crippen LogP contribution in [0, 0.1) is 5.82 Å². The van der Waals surface area contributed by atoms with Gasteiger partial charge < -0.3 is 9.73 Å². The number of carbonyl (C=O) groups excluding carboxylic acids is 1. The molecule has 116 valence electrons. The lowest BCUT2D eigenvalue weighted by atomic mass is 10.2. The van der Waals surface area contributed by atoms with Crippen LogP contribution in [0.3, 0.4) is 0 Å². The van der Waals surface area contributed by atoms with Gasteiger partial charge in [0.05, 0.1) is 11.5 Å². The molecule has 2 heterocycles. The van der Waals surface area contributed by atoms with E-state index >= 15 is 0 Å². The average Bonchev–Trinajstić information content (AvgIpc) is 3.06. The summed E-state index contributed by atoms with van der Waals surface area (Å²) in [5.41, 5.74) is 0.483. The van der Waals surface area contributed by atoms with Crippen molar-refractivity contribution in [2.24, 2.45) is 0 Å². The minimum Gasteiger partial charge on any atom is -0.412 e. The zero-order valence-electron chi connectivity index (χ0n) is 11.3. The van der Waals surface area contributed by atoms with E-state index in [0.717, 1.165) is 0 Å². The molecule has 0 saturated carbocycles. The molecule has 1 aliphatic heterocycles. The summed E-state index contributed by atoms with van der Waals surface area (Å²) in [6.45, 7) is 0. The van der Waals surface area contributed by atoms with Crippen molar-refractivity contribution < 1.29 is 22.0 Å². The van der Waals surface area contributed by atoms with E-state index in [9.17, 15) is 17.6 Å². The van der Waals surface area contributed by atoms with Gasteiger partial charge in [-0.2, -0.15) is 0 Å². The third-order valence-electron chi connectivity index (χ3n) is 3.28. The van der Waals surface area contributed by atoms with Crippen molar-refractivity contribution in [2.45, 2.75) is 12.5 Å². The molecule has 22 heavy (non-hydrogen) atoms. The zero-order valence-corrected chi connectivity index (χ0v) is 12.1. The van der Waals surface area contributed by atoms with Crippen LogP contribution < -0.4 is 5.32 Å². The molecule has 0 radical (unpaired) electrons. The SMILES string of the molecule is O=C(NC1CCS(=O)(=O)C1)c1nnc(-c2ccc(F)cc2)o1. The second kappa shape index (κ2) is 5.48. The number of benzene rings is 1. The monoisotopic (exact) mass is 325 g/mol. The predicted molar refractivity (Wildman–Crippen MR) is 74.2 cm³/mol. The Hall–Kier alpha value is -2.29. The Bertz CT molecular complexity index is 801. The van der Waals surface area contributed by atoms with E-state index in [1.54, 1.807) is 0 Å². The number of nitrogens with zero attached hydrogens (tertiary/aromatic N) is 2. The summed E-state index contributed by atoms with van der Waals surface area (Å²) < 4.78 is 40.8. The number of amides is 1. The molecular weight excluding hydrogens is 313 g/mol. The van der Waals surface area contributed by atoms with E-state index in [0.29, 0.717) is 12.0 Å². The maximum atomic E-state index is 12.8. The molecule has 2 aromatic rings. The average molecular weight is 325 g/mol. The summed E-state index contributed by atoms with van der Waals surface area (Å²) in [7, 11) is -3.08. The van der Waals surface area contributed by atoms with Crippen molar-refractivity contribution in [2.75, 3.05) is 11.5 Å². The Morgan fingerprint density at radius 2 is 2.00 bits per heavy atom. The summed E-state index contributed by atoms with van der Waals surface area (Å²) in [4.78, 5) is 11.9. The van der Waals surface area contributed by atoms with Crippen molar-refractivity contribution in [1.29, 1.82) is 0 Å². The Kier molecular flexibility index (Phi) is 3.65.